The molecule has 2 rings (SSSR count). The molecule has 0 amide bonds. The Bertz CT molecular complexity index is 495. The molecular formula is C14H19N3. The zero-order valence-electron chi connectivity index (χ0n) is 10.6. The predicted molar refractivity (Wildman–Crippen MR) is 70.3 cm³/mol. The van der Waals surface area contributed by atoms with E-state index < -0.39 is 0 Å². The molecule has 90 valence electrons. The number of nitrogens with two attached hydrogens (primary N) is 1. The highest BCUT2D eigenvalue weighted by molar-refractivity contribution is 5.37. The number of nitrogens with zero attached hydrogens (tertiary/aromatic N) is 2. The van der Waals surface area contributed by atoms with Gasteiger partial charge in [-0.25, -0.2) is 4.98 Å². The summed E-state index contributed by atoms with van der Waals surface area (Å²) in [6.07, 6.45) is 2.00. The molecule has 0 spiro atoms. The topological polar surface area (TPSA) is 43.8 Å². The smallest absolute Gasteiger partial charge is 0.110 e. The minimum atomic E-state index is 0.484. The van der Waals surface area contributed by atoms with Crippen LogP contribution < -0.4 is 5.73 Å². The molecule has 0 fully saturated rings. The van der Waals surface area contributed by atoms with Crippen LogP contribution in [0.15, 0.2) is 30.5 Å². The minimum Gasteiger partial charge on any atom is -0.325 e. The van der Waals surface area contributed by atoms with E-state index >= 15 is 0 Å². The number of benzene rings is 1. The minimum absolute atomic E-state index is 0.484. The van der Waals surface area contributed by atoms with Crippen LogP contribution >= 0.6 is 0 Å². The van der Waals surface area contributed by atoms with Crippen molar-refractivity contribution in [3.63, 3.8) is 0 Å². The van der Waals surface area contributed by atoms with Crippen LogP contribution in [0.3, 0.4) is 0 Å². The second-order valence-corrected chi connectivity index (χ2v) is 4.60. The lowest BCUT2D eigenvalue weighted by Crippen LogP contribution is -1.96. The lowest BCUT2D eigenvalue weighted by molar-refractivity contribution is 0.864. The first kappa shape index (κ1) is 11.9. The van der Waals surface area contributed by atoms with Crippen molar-refractivity contribution in [2.75, 3.05) is 0 Å². The van der Waals surface area contributed by atoms with E-state index in [-0.39, 0.29) is 0 Å². The second kappa shape index (κ2) is 4.72. The highest BCUT2D eigenvalue weighted by Crippen LogP contribution is 2.18. The lowest BCUT2D eigenvalue weighted by atomic mass is 10.0. The van der Waals surface area contributed by atoms with Gasteiger partial charge in [-0.1, -0.05) is 26.0 Å². The quantitative estimate of drug-likeness (QED) is 0.879. The summed E-state index contributed by atoms with van der Waals surface area (Å²) in [5, 5.41) is 0. The fourth-order valence-electron chi connectivity index (χ4n) is 1.91. The van der Waals surface area contributed by atoms with Crippen molar-refractivity contribution >= 4 is 0 Å². The number of aryl methyl sites for hydroxylation is 1. The van der Waals surface area contributed by atoms with Gasteiger partial charge < -0.3 is 10.3 Å². The van der Waals surface area contributed by atoms with Crippen LogP contribution in [-0.2, 0) is 6.54 Å². The van der Waals surface area contributed by atoms with Crippen molar-refractivity contribution in [2.24, 2.45) is 5.73 Å². The first-order valence-corrected chi connectivity index (χ1v) is 5.97. The maximum absolute atomic E-state index is 5.60. The molecule has 1 aromatic carbocycles. The summed E-state index contributed by atoms with van der Waals surface area (Å²) < 4.78 is 2.08. The summed E-state index contributed by atoms with van der Waals surface area (Å²) in [4.78, 5) is 4.40. The van der Waals surface area contributed by atoms with E-state index in [1.54, 1.807) is 0 Å². The fourth-order valence-corrected chi connectivity index (χ4v) is 1.91. The first-order chi connectivity index (χ1) is 8.11. The van der Waals surface area contributed by atoms with Crippen molar-refractivity contribution in [2.45, 2.75) is 33.2 Å². The number of imidazole rings is 1. The van der Waals surface area contributed by atoms with Gasteiger partial charge in [0, 0.05) is 18.4 Å². The Labute approximate surface area is 102 Å². The SMILES string of the molecule is Cc1nc(CN)cn1-c1ccc(C(C)C)cc1. The second-order valence-electron chi connectivity index (χ2n) is 4.60. The monoisotopic (exact) mass is 229 g/mol. The van der Waals surface area contributed by atoms with E-state index in [1.165, 1.54) is 5.56 Å². The molecule has 0 bridgehead atoms. The van der Waals surface area contributed by atoms with Crippen molar-refractivity contribution in [1.82, 2.24) is 9.55 Å². The zero-order valence-corrected chi connectivity index (χ0v) is 10.6. The molecule has 0 aliphatic heterocycles. The van der Waals surface area contributed by atoms with Gasteiger partial charge in [-0.3, -0.25) is 0 Å². The normalized spacial score (nSPS) is 11.1. The number of rotatable bonds is 3. The Hall–Kier alpha value is -1.61. The van der Waals surface area contributed by atoms with Crippen LogP contribution in [0.2, 0.25) is 0 Å². The van der Waals surface area contributed by atoms with Crippen molar-refractivity contribution < 1.29 is 0 Å². The van der Waals surface area contributed by atoms with Gasteiger partial charge >= 0.3 is 0 Å². The van der Waals surface area contributed by atoms with Gasteiger partial charge in [0.1, 0.15) is 5.82 Å². The third-order valence-corrected chi connectivity index (χ3v) is 2.98. The lowest BCUT2D eigenvalue weighted by Gasteiger charge is -2.08. The third kappa shape index (κ3) is 2.39. The van der Waals surface area contributed by atoms with E-state index in [1.807, 2.05) is 13.1 Å². The Morgan fingerprint density at radius 2 is 1.88 bits per heavy atom. The van der Waals surface area contributed by atoms with Gasteiger partial charge in [-0.2, -0.15) is 0 Å². The van der Waals surface area contributed by atoms with Gasteiger partial charge in [0.2, 0.25) is 0 Å². The van der Waals surface area contributed by atoms with Crippen LogP contribution in [0, 0.1) is 6.92 Å². The average Bonchev–Trinajstić information content (AvgIpc) is 2.71. The summed E-state index contributed by atoms with van der Waals surface area (Å²) in [7, 11) is 0. The Kier molecular flexibility index (Phi) is 3.29. The van der Waals surface area contributed by atoms with Crippen molar-refractivity contribution in [3.05, 3.63) is 47.5 Å². The summed E-state index contributed by atoms with van der Waals surface area (Å²) in [6, 6.07) is 8.59. The molecule has 0 aliphatic carbocycles. The molecule has 0 saturated heterocycles. The number of hydrogen-bond donors (Lipinski definition) is 1. The highest BCUT2D eigenvalue weighted by atomic mass is 15.1. The first-order valence-electron chi connectivity index (χ1n) is 5.97. The highest BCUT2D eigenvalue weighted by Gasteiger charge is 2.05. The molecule has 0 aliphatic rings. The largest absolute Gasteiger partial charge is 0.325 e. The van der Waals surface area contributed by atoms with E-state index in [0.29, 0.717) is 12.5 Å². The molecular weight excluding hydrogens is 210 g/mol. The van der Waals surface area contributed by atoms with Crippen molar-refractivity contribution in [1.29, 1.82) is 0 Å². The van der Waals surface area contributed by atoms with Gasteiger partial charge in [0.25, 0.3) is 0 Å². The van der Waals surface area contributed by atoms with E-state index in [9.17, 15) is 0 Å². The molecule has 2 aromatic rings. The standard InChI is InChI=1S/C14H19N3/c1-10(2)12-4-6-14(7-5-12)17-9-13(8-15)16-11(17)3/h4-7,9-10H,8,15H2,1-3H3. The Balaban J connectivity index is 2.36. The predicted octanol–water partition coefficient (Wildman–Crippen LogP) is 2.76. The molecule has 2 N–H and O–H groups in total. The number of hydrogen-bond acceptors (Lipinski definition) is 2. The van der Waals surface area contributed by atoms with Crippen LogP contribution in [0.4, 0.5) is 0 Å². The summed E-state index contributed by atoms with van der Waals surface area (Å²) in [5.74, 6) is 1.54. The summed E-state index contributed by atoms with van der Waals surface area (Å²) in [6.45, 7) is 6.88. The maximum Gasteiger partial charge on any atom is 0.110 e. The zero-order chi connectivity index (χ0) is 12.4. The van der Waals surface area contributed by atoms with Gasteiger partial charge in [0.05, 0.1) is 5.69 Å². The molecule has 3 heteroatoms. The van der Waals surface area contributed by atoms with Crippen LogP contribution in [0.1, 0.15) is 36.8 Å². The molecule has 0 saturated carbocycles. The van der Waals surface area contributed by atoms with Crippen LogP contribution in [0.5, 0.6) is 0 Å². The molecule has 0 unspecified atom stereocenters. The molecule has 3 nitrogen and oxygen atoms in total. The van der Waals surface area contributed by atoms with Crippen LogP contribution in [0.25, 0.3) is 5.69 Å². The Morgan fingerprint density at radius 1 is 1.24 bits per heavy atom. The summed E-state index contributed by atoms with van der Waals surface area (Å²) in [5.41, 5.74) is 9.01. The van der Waals surface area contributed by atoms with Gasteiger partial charge in [0.15, 0.2) is 0 Å². The van der Waals surface area contributed by atoms with Gasteiger partial charge in [-0.15, -0.1) is 0 Å². The van der Waals surface area contributed by atoms with Gasteiger partial charge in [-0.05, 0) is 30.5 Å². The molecule has 0 atom stereocenters. The molecule has 17 heavy (non-hydrogen) atoms. The number of aromatic nitrogens is 2. The molecule has 0 radical (unpaired) electrons. The molecule has 1 heterocycles. The third-order valence-electron chi connectivity index (χ3n) is 2.98. The maximum atomic E-state index is 5.60. The van der Waals surface area contributed by atoms with Crippen LogP contribution in [-0.4, -0.2) is 9.55 Å². The van der Waals surface area contributed by atoms with Crippen molar-refractivity contribution in [3.8, 4) is 5.69 Å². The van der Waals surface area contributed by atoms with E-state index in [0.717, 1.165) is 17.2 Å². The Morgan fingerprint density at radius 3 is 2.35 bits per heavy atom. The average molecular weight is 229 g/mol. The van der Waals surface area contributed by atoms with E-state index in [4.69, 9.17) is 5.73 Å². The molecule has 1 aromatic heterocycles. The van der Waals surface area contributed by atoms with E-state index in [2.05, 4.69) is 47.7 Å². The summed E-state index contributed by atoms with van der Waals surface area (Å²) >= 11 is 0. The fraction of sp³-hybridized carbons (Fsp3) is 0.357.